The van der Waals surface area contributed by atoms with Gasteiger partial charge in [0, 0.05) is 31.1 Å². The van der Waals surface area contributed by atoms with E-state index in [0.717, 1.165) is 37.9 Å². The van der Waals surface area contributed by atoms with Crippen molar-refractivity contribution in [1.82, 2.24) is 0 Å². The van der Waals surface area contributed by atoms with Crippen molar-refractivity contribution in [2.24, 2.45) is 10.2 Å². The molecule has 0 aliphatic rings. The Kier molecular flexibility index (Phi) is 10.2. The molecule has 0 aliphatic carbocycles. The van der Waals surface area contributed by atoms with Gasteiger partial charge >= 0.3 is 5.97 Å². The van der Waals surface area contributed by atoms with Crippen molar-refractivity contribution in [3.63, 3.8) is 0 Å². The molecule has 0 aliphatic heterocycles. The highest BCUT2D eigenvalue weighted by molar-refractivity contribution is 7.90. The van der Waals surface area contributed by atoms with Gasteiger partial charge in [0.05, 0.1) is 22.9 Å². The molecule has 0 aromatic heterocycles. The van der Waals surface area contributed by atoms with Gasteiger partial charge in [0.25, 0.3) is 0 Å². The zero-order valence-corrected chi connectivity index (χ0v) is 20.2. The molecule has 0 N–H and O–H groups in total. The van der Waals surface area contributed by atoms with Gasteiger partial charge in [-0.25, -0.2) is 13.2 Å². The molecule has 0 bridgehead atoms. The maximum absolute atomic E-state index is 11.5. The van der Waals surface area contributed by atoms with Gasteiger partial charge in [-0.3, -0.25) is 4.89 Å². The molecule has 8 nitrogen and oxygen atoms in total. The molecule has 9 heteroatoms. The smallest absolute Gasteiger partial charge is 0.368 e. The molecule has 0 atom stereocenters. The van der Waals surface area contributed by atoms with E-state index in [2.05, 4.69) is 26.6 Å². The molecule has 33 heavy (non-hydrogen) atoms. The summed E-state index contributed by atoms with van der Waals surface area (Å²) in [6.07, 6.45) is 5.07. The monoisotopic (exact) mass is 473 g/mol. The van der Waals surface area contributed by atoms with Gasteiger partial charge in [0.2, 0.25) is 0 Å². The van der Waals surface area contributed by atoms with Crippen LogP contribution in [0.4, 0.5) is 17.1 Å². The summed E-state index contributed by atoms with van der Waals surface area (Å²) in [5.74, 6) is -0.535. The summed E-state index contributed by atoms with van der Waals surface area (Å²) in [4.78, 5) is 23.1. The lowest BCUT2D eigenvalue weighted by atomic mass is 10.2. The van der Waals surface area contributed by atoms with Crippen molar-refractivity contribution in [2.75, 3.05) is 31.4 Å². The van der Waals surface area contributed by atoms with E-state index in [9.17, 15) is 13.2 Å². The second-order valence-corrected chi connectivity index (χ2v) is 9.81. The average Bonchev–Trinajstić information content (AvgIpc) is 2.79. The molecular formula is C24H31N3O5S. The molecule has 0 saturated carbocycles. The molecule has 0 spiro atoms. The fourth-order valence-electron chi connectivity index (χ4n) is 2.81. The van der Waals surface area contributed by atoms with Crippen LogP contribution in [0, 0.1) is 0 Å². The molecule has 2 aromatic carbocycles. The molecule has 178 valence electrons. The van der Waals surface area contributed by atoms with Crippen LogP contribution in [0.15, 0.2) is 75.8 Å². The van der Waals surface area contributed by atoms with Crippen molar-refractivity contribution >= 4 is 32.9 Å². The van der Waals surface area contributed by atoms with Crippen LogP contribution in [0.3, 0.4) is 0 Å². The molecule has 2 rings (SSSR count). The predicted molar refractivity (Wildman–Crippen MR) is 129 cm³/mol. The Morgan fingerprint density at radius 2 is 1.48 bits per heavy atom. The lowest BCUT2D eigenvalue weighted by Gasteiger charge is -2.19. The highest BCUT2D eigenvalue weighted by Gasteiger charge is 2.06. The summed E-state index contributed by atoms with van der Waals surface area (Å²) in [7, 11) is -1.18. The van der Waals surface area contributed by atoms with Crippen molar-refractivity contribution < 1.29 is 23.0 Å². The molecule has 0 unspecified atom stereocenters. The van der Waals surface area contributed by atoms with Gasteiger partial charge in [-0.05, 0) is 68.3 Å². The Hall–Kier alpha value is -3.04. The second-order valence-electron chi connectivity index (χ2n) is 7.79. The normalized spacial score (nSPS) is 11.5. The van der Waals surface area contributed by atoms with Gasteiger partial charge in [0.15, 0.2) is 9.84 Å². The number of hydrogen-bond donors (Lipinski definition) is 0. The van der Waals surface area contributed by atoms with Crippen LogP contribution in [-0.4, -0.2) is 40.8 Å². The van der Waals surface area contributed by atoms with Gasteiger partial charge in [-0.2, -0.15) is 15.1 Å². The van der Waals surface area contributed by atoms with Crippen LogP contribution < -0.4 is 4.90 Å². The Balaban J connectivity index is 1.70. The third kappa shape index (κ3) is 9.55. The van der Waals surface area contributed by atoms with Crippen LogP contribution >= 0.6 is 0 Å². The third-order valence-electron chi connectivity index (χ3n) is 4.79. The van der Waals surface area contributed by atoms with Crippen LogP contribution in [0.5, 0.6) is 0 Å². The quantitative estimate of drug-likeness (QED) is 0.124. The standard InChI is InChI=1S/C24H31N3O5S/c1-19(2)24(28)32-31-18-8-6-5-7-17-27(3)22-13-9-20(10-14-22)25-26-21-11-15-23(16-12-21)33(4,29)30/h9-16H,1,5-8,17-18H2,2-4H3. The van der Waals surface area contributed by atoms with E-state index in [0.29, 0.717) is 23.6 Å². The third-order valence-corrected chi connectivity index (χ3v) is 5.92. The summed E-state index contributed by atoms with van der Waals surface area (Å²) < 4.78 is 23.0. The van der Waals surface area contributed by atoms with Gasteiger partial charge in [0.1, 0.15) is 0 Å². The van der Waals surface area contributed by atoms with E-state index in [1.165, 1.54) is 18.4 Å². The lowest BCUT2D eigenvalue weighted by molar-refractivity contribution is -0.268. The van der Waals surface area contributed by atoms with Crippen LogP contribution in [0.2, 0.25) is 0 Å². The Bertz CT molecular complexity index is 1050. The van der Waals surface area contributed by atoms with E-state index in [1.54, 1.807) is 19.1 Å². The number of carbonyl (C=O) groups is 1. The lowest BCUT2D eigenvalue weighted by Crippen LogP contribution is -2.18. The Morgan fingerprint density at radius 3 is 2.03 bits per heavy atom. The van der Waals surface area contributed by atoms with E-state index in [1.807, 2.05) is 31.3 Å². The number of sulfone groups is 1. The zero-order valence-electron chi connectivity index (χ0n) is 19.4. The number of rotatable bonds is 13. The predicted octanol–water partition coefficient (Wildman–Crippen LogP) is 5.55. The minimum absolute atomic E-state index is 0.256. The highest BCUT2D eigenvalue weighted by Crippen LogP contribution is 2.23. The van der Waals surface area contributed by atoms with Crippen molar-refractivity contribution in [1.29, 1.82) is 0 Å². The zero-order chi connectivity index (χ0) is 24.3. The Labute approximate surface area is 195 Å². The number of unbranched alkanes of at least 4 members (excludes halogenated alkanes) is 3. The highest BCUT2D eigenvalue weighted by atomic mass is 32.2. The minimum atomic E-state index is -3.22. The summed E-state index contributed by atoms with van der Waals surface area (Å²) in [5, 5.41) is 8.37. The number of nitrogens with zero attached hydrogens (tertiary/aromatic N) is 3. The van der Waals surface area contributed by atoms with Crippen molar-refractivity contribution in [3.05, 3.63) is 60.7 Å². The molecule has 0 fully saturated rings. The van der Waals surface area contributed by atoms with E-state index < -0.39 is 15.8 Å². The van der Waals surface area contributed by atoms with E-state index in [4.69, 9.17) is 4.89 Å². The van der Waals surface area contributed by atoms with E-state index >= 15 is 0 Å². The minimum Gasteiger partial charge on any atom is -0.375 e. The maximum atomic E-state index is 11.5. The summed E-state index contributed by atoms with van der Waals surface area (Å²) in [6.45, 7) is 6.36. The van der Waals surface area contributed by atoms with Gasteiger partial charge in [-0.15, -0.1) is 0 Å². The fourth-order valence-corrected chi connectivity index (χ4v) is 3.44. The number of hydrogen-bond acceptors (Lipinski definition) is 8. The maximum Gasteiger partial charge on any atom is 0.368 e. The molecule has 0 amide bonds. The van der Waals surface area contributed by atoms with Crippen molar-refractivity contribution in [2.45, 2.75) is 37.5 Å². The summed E-state index contributed by atoms with van der Waals surface area (Å²) >= 11 is 0. The van der Waals surface area contributed by atoms with Gasteiger partial charge in [-0.1, -0.05) is 19.4 Å². The van der Waals surface area contributed by atoms with E-state index in [-0.39, 0.29) is 4.90 Å². The largest absolute Gasteiger partial charge is 0.375 e. The Morgan fingerprint density at radius 1 is 0.939 bits per heavy atom. The first-order valence-corrected chi connectivity index (χ1v) is 12.6. The summed E-state index contributed by atoms with van der Waals surface area (Å²) in [5.41, 5.74) is 2.70. The number of carbonyl (C=O) groups excluding carboxylic acids is 1. The van der Waals surface area contributed by atoms with Crippen molar-refractivity contribution in [3.8, 4) is 0 Å². The summed E-state index contributed by atoms with van der Waals surface area (Å²) in [6, 6.07) is 14.1. The number of benzene rings is 2. The number of anilines is 1. The first kappa shape index (κ1) is 26.2. The first-order valence-electron chi connectivity index (χ1n) is 10.7. The SMILES string of the molecule is C=C(C)C(=O)OOCCCCCCN(C)c1ccc(N=Nc2ccc(S(C)(=O)=O)cc2)cc1. The van der Waals surface area contributed by atoms with Gasteiger partial charge < -0.3 is 4.90 Å². The molecule has 0 heterocycles. The second kappa shape index (κ2) is 12.9. The van der Waals surface area contributed by atoms with Crippen LogP contribution in [-0.2, 0) is 24.4 Å². The first-order chi connectivity index (χ1) is 15.7. The average molecular weight is 474 g/mol. The molecular weight excluding hydrogens is 442 g/mol. The molecule has 2 aromatic rings. The topological polar surface area (TPSA) is 97.6 Å². The van der Waals surface area contributed by atoms with Crippen LogP contribution in [0.1, 0.15) is 32.6 Å². The van der Waals surface area contributed by atoms with Crippen LogP contribution in [0.25, 0.3) is 0 Å². The molecule has 0 saturated heterocycles. The number of azo groups is 1. The molecule has 0 radical (unpaired) electrons. The fraction of sp³-hybridized carbons (Fsp3) is 0.375.